The molecule has 18 heavy (non-hydrogen) atoms. The molecule has 0 aliphatic heterocycles. The van der Waals surface area contributed by atoms with Gasteiger partial charge < -0.3 is 10.5 Å². The number of methoxy groups -OCH3 is 1. The number of rotatable bonds is 4. The van der Waals surface area contributed by atoms with Gasteiger partial charge in [0, 0.05) is 11.6 Å². The zero-order valence-electron chi connectivity index (χ0n) is 11.8. The van der Waals surface area contributed by atoms with Crippen LogP contribution >= 0.6 is 0 Å². The predicted molar refractivity (Wildman–Crippen MR) is 76.0 cm³/mol. The number of hydrogen-bond donors (Lipinski definition) is 1. The lowest BCUT2D eigenvalue weighted by molar-refractivity contribution is 0.392. The fraction of sp³-hybridized carbons (Fsp3) is 0.625. The van der Waals surface area contributed by atoms with E-state index in [1.165, 1.54) is 42.4 Å². The molecule has 0 radical (unpaired) electrons. The highest BCUT2D eigenvalue weighted by atomic mass is 16.5. The summed E-state index contributed by atoms with van der Waals surface area (Å²) in [5.41, 5.74) is 10.1. The quantitative estimate of drug-likeness (QED) is 0.876. The van der Waals surface area contributed by atoms with Crippen LogP contribution in [0, 0.1) is 19.8 Å². The van der Waals surface area contributed by atoms with E-state index in [1.807, 2.05) is 0 Å². The van der Waals surface area contributed by atoms with E-state index in [2.05, 4.69) is 26.0 Å². The summed E-state index contributed by atoms with van der Waals surface area (Å²) in [5, 5.41) is 0. The Kier molecular flexibility index (Phi) is 4.28. The molecule has 2 N–H and O–H groups in total. The summed E-state index contributed by atoms with van der Waals surface area (Å²) in [6, 6.07) is 4.41. The molecule has 1 aromatic carbocycles. The zero-order valence-corrected chi connectivity index (χ0v) is 11.8. The van der Waals surface area contributed by atoms with Crippen LogP contribution in [0.4, 0.5) is 0 Å². The van der Waals surface area contributed by atoms with Gasteiger partial charge in [-0.25, -0.2) is 0 Å². The van der Waals surface area contributed by atoms with Gasteiger partial charge in [-0.3, -0.25) is 0 Å². The number of nitrogens with two attached hydrogens (primary N) is 1. The summed E-state index contributed by atoms with van der Waals surface area (Å²) in [6.45, 7) is 4.24. The lowest BCUT2D eigenvalue weighted by Crippen LogP contribution is -2.16. The van der Waals surface area contributed by atoms with E-state index in [0.717, 1.165) is 18.1 Å². The molecule has 1 fully saturated rings. The topological polar surface area (TPSA) is 35.2 Å². The molecule has 0 bridgehead atoms. The Morgan fingerprint density at radius 1 is 1.28 bits per heavy atom. The van der Waals surface area contributed by atoms with Gasteiger partial charge in [0.05, 0.1) is 7.11 Å². The SMILES string of the molecule is COc1cc(C)cc(C)c1C(N)CC1CCCC1. The van der Waals surface area contributed by atoms with Crippen LogP contribution in [0.3, 0.4) is 0 Å². The normalized spacial score (nSPS) is 18.0. The van der Waals surface area contributed by atoms with Crippen molar-refractivity contribution in [3.63, 3.8) is 0 Å². The number of benzene rings is 1. The lowest BCUT2D eigenvalue weighted by Gasteiger charge is -2.21. The fourth-order valence-corrected chi connectivity index (χ4v) is 3.31. The maximum atomic E-state index is 6.42. The Morgan fingerprint density at radius 2 is 1.94 bits per heavy atom. The van der Waals surface area contributed by atoms with E-state index in [9.17, 15) is 0 Å². The minimum atomic E-state index is 0.114. The monoisotopic (exact) mass is 247 g/mol. The molecule has 1 aromatic rings. The zero-order chi connectivity index (χ0) is 13.1. The maximum absolute atomic E-state index is 6.42. The fourth-order valence-electron chi connectivity index (χ4n) is 3.31. The van der Waals surface area contributed by atoms with Gasteiger partial charge in [-0.1, -0.05) is 31.7 Å². The molecule has 1 aliphatic rings. The van der Waals surface area contributed by atoms with Gasteiger partial charge >= 0.3 is 0 Å². The molecule has 100 valence electrons. The molecule has 1 unspecified atom stereocenters. The highest BCUT2D eigenvalue weighted by Gasteiger charge is 2.22. The molecular weight excluding hydrogens is 222 g/mol. The molecule has 0 aromatic heterocycles. The molecule has 2 heteroatoms. The first-order valence-corrected chi connectivity index (χ1v) is 7.02. The van der Waals surface area contributed by atoms with E-state index in [-0.39, 0.29) is 6.04 Å². The summed E-state index contributed by atoms with van der Waals surface area (Å²) >= 11 is 0. The van der Waals surface area contributed by atoms with Gasteiger partial charge in [-0.05, 0) is 43.4 Å². The molecule has 1 atom stereocenters. The standard InChI is InChI=1S/C16H25NO/c1-11-8-12(2)16(15(9-11)18-3)14(17)10-13-6-4-5-7-13/h8-9,13-14H,4-7,10,17H2,1-3H3. The predicted octanol–water partition coefficient (Wildman–Crippen LogP) is 3.89. The Morgan fingerprint density at radius 3 is 2.56 bits per heavy atom. The second-order valence-electron chi connectivity index (χ2n) is 5.69. The Hall–Kier alpha value is -1.02. The van der Waals surface area contributed by atoms with Crippen molar-refractivity contribution in [1.29, 1.82) is 0 Å². The highest BCUT2D eigenvalue weighted by molar-refractivity contribution is 5.44. The molecular formula is C16H25NO. The van der Waals surface area contributed by atoms with Crippen molar-refractivity contribution >= 4 is 0 Å². The average Bonchev–Trinajstić information content (AvgIpc) is 2.80. The molecule has 1 saturated carbocycles. The third kappa shape index (κ3) is 2.86. The summed E-state index contributed by atoms with van der Waals surface area (Å²) in [6.07, 6.45) is 6.55. The minimum absolute atomic E-state index is 0.114. The van der Waals surface area contributed by atoms with Crippen molar-refractivity contribution in [3.05, 3.63) is 28.8 Å². The van der Waals surface area contributed by atoms with Crippen LogP contribution in [0.2, 0.25) is 0 Å². The second kappa shape index (κ2) is 5.75. The molecule has 0 spiro atoms. The molecule has 0 heterocycles. The van der Waals surface area contributed by atoms with Crippen molar-refractivity contribution < 1.29 is 4.74 Å². The number of hydrogen-bond acceptors (Lipinski definition) is 2. The van der Waals surface area contributed by atoms with Gasteiger partial charge in [0.1, 0.15) is 5.75 Å². The molecule has 0 amide bonds. The summed E-state index contributed by atoms with van der Waals surface area (Å²) in [4.78, 5) is 0. The summed E-state index contributed by atoms with van der Waals surface area (Å²) < 4.78 is 5.51. The van der Waals surface area contributed by atoms with Crippen molar-refractivity contribution in [1.82, 2.24) is 0 Å². The Balaban J connectivity index is 2.20. The van der Waals surface area contributed by atoms with Gasteiger partial charge in [0.25, 0.3) is 0 Å². The van der Waals surface area contributed by atoms with Gasteiger partial charge in [0.15, 0.2) is 0 Å². The molecule has 2 rings (SSSR count). The lowest BCUT2D eigenvalue weighted by atomic mass is 9.90. The number of aryl methyl sites for hydroxylation is 2. The van der Waals surface area contributed by atoms with Crippen LogP contribution in [-0.2, 0) is 0 Å². The van der Waals surface area contributed by atoms with Crippen LogP contribution in [0.25, 0.3) is 0 Å². The van der Waals surface area contributed by atoms with E-state index in [0.29, 0.717) is 0 Å². The van der Waals surface area contributed by atoms with Crippen molar-refractivity contribution in [3.8, 4) is 5.75 Å². The van der Waals surface area contributed by atoms with Crippen LogP contribution in [0.15, 0.2) is 12.1 Å². The van der Waals surface area contributed by atoms with Gasteiger partial charge in [-0.2, -0.15) is 0 Å². The summed E-state index contributed by atoms with van der Waals surface area (Å²) in [5.74, 6) is 1.77. The highest BCUT2D eigenvalue weighted by Crippen LogP contribution is 2.36. The smallest absolute Gasteiger partial charge is 0.124 e. The van der Waals surface area contributed by atoms with Crippen LogP contribution in [0.5, 0.6) is 5.75 Å². The second-order valence-corrected chi connectivity index (χ2v) is 5.69. The van der Waals surface area contributed by atoms with Crippen molar-refractivity contribution in [2.45, 2.75) is 52.0 Å². The first-order valence-electron chi connectivity index (χ1n) is 7.02. The largest absolute Gasteiger partial charge is 0.496 e. The third-order valence-electron chi connectivity index (χ3n) is 4.15. The first-order chi connectivity index (χ1) is 8.61. The Bertz CT molecular complexity index is 408. The van der Waals surface area contributed by atoms with Crippen LogP contribution in [-0.4, -0.2) is 7.11 Å². The van der Waals surface area contributed by atoms with Crippen LogP contribution < -0.4 is 10.5 Å². The summed E-state index contributed by atoms with van der Waals surface area (Å²) in [7, 11) is 1.74. The minimum Gasteiger partial charge on any atom is -0.496 e. The van der Waals surface area contributed by atoms with Crippen molar-refractivity contribution in [2.24, 2.45) is 11.7 Å². The van der Waals surface area contributed by atoms with E-state index in [4.69, 9.17) is 10.5 Å². The van der Waals surface area contributed by atoms with Crippen molar-refractivity contribution in [2.75, 3.05) is 7.11 Å². The van der Waals surface area contributed by atoms with Gasteiger partial charge in [0.2, 0.25) is 0 Å². The van der Waals surface area contributed by atoms with Crippen LogP contribution in [0.1, 0.15) is 54.8 Å². The molecule has 2 nitrogen and oxygen atoms in total. The van der Waals surface area contributed by atoms with E-state index < -0.39 is 0 Å². The molecule has 0 saturated heterocycles. The Labute approximate surface area is 111 Å². The average molecular weight is 247 g/mol. The maximum Gasteiger partial charge on any atom is 0.124 e. The third-order valence-corrected chi connectivity index (χ3v) is 4.15. The van der Waals surface area contributed by atoms with E-state index >= 15 is 0 Å². The van der Waals surface area contributed by atoms with E-state index in [1.54, 1.807) is 7.11 Å². The number of ether oxygens (including phenoxy) is 1. The first kappa shape index (κ1) is 13.4. The molecule has 1 aliphatic carbocycles. The van der Waals surface area contributed by atoms with Gasteiger partial charge in [-0.15, -0.1) is 0 Å².